The van der Waals surface area contributed by atoms with Crippen LogP contribution in [0, 0.1) is 0 Å². The fourth-order valence-corrected chi connectivity index (χ4v) is 1.64. The first-order valence-corrected chi connectivity index (χ1v) is 6.68. The Morgan fingerprint density at radius 1 is 1.33 bits per heavy atom. The summed E-state index contributed by atoms with van der Waals surface area (Å²) in [5, 5.41) is 0.365. The van der Waals surface area contributed by atoms with Crippen molar-refractivity contribution in [2.45, 2.75) is 26.4 Å². The van der Waals surface area contributed by atoms with E-state index in [-0.39, 0.29) is 12.2 Å². The van der Waals surface area contributed by atoms with E-state index in [4.69, 9.17) is 31.5 Å². The van der Waals surface area contributed by atoms with Gasteiger partial charge in [0.05, 0.1) is 23.4 Å². The third-order valence-electron chi connectivity index (χ3n) is 2.37. The lowest BCUT2D eigenvalue weighted by molar-refractivity contribution is -0.150. The molecule has 0 radical (unpaired) electrons. The maximum Gasteiger partial charge on any atom is 0.337 e. The highest BCUT2D eigenvalue weighted by Crippen LogP contribution is 2.34. The molecule has 21 heavy (non-hydrogen) atoms. The summed E-state index contributed by atoms with van der Waals surface area (Å²) in [5.74, 6) is 0.290. The Kier molecular flexibility index (Phi) is 5.49. The molecular weight excluding hydrogens is 294 g/mol. The van der Waals surface area contributed by atoms with E-state index in [1.807, 2.05) is 0 Å². The zero-order valence-corrected chi connectivity index (χ0v) is 13.4. The largest absolute Gasteiger partial charge is 0.495 e. The first-order valence-electron chi connectivity index (χ1n) is 6.31. The molecule has 0 aliphatic rings. The lowest BCUT2D eigenvalue weighted by atomic mass is 10.2. The monoisotopic (exact) mass is 313 g/mol. The summed E-state index contributed by atoms with van der Waals surface area (Å²) < 4.78 is 15.7. The van der Waals surface area contributed by atoms with E-state index in [0.717, 1.165) is 0 Å². The van der Waals surface area contributed by atoms with E-state index in [1.165, 1.54) is 13.2 Å². The standard InChI is InChI=1S/C15H20ClNO4/c1-9(14(18)21-15(2,3)4)8-20-13-6-10(16)12(19-5)7-11(13)17/h6-7H,1,8,17H2,2-5H3. The Morgan fingerprint density at radius 3 is 2.48 bits per heavy atom. The lowest BCUT2D eigenvalue weighted by Crippen LogP contribution is -2.26. The summed E-state index contributed by atoms with van der Waals surface area (Å²) in [7, 11) is 1.49. The minimum absolute atomic E-state index is 0.0399. The SMILES string of the molecule is C=C(COc1cc(Cl)c(OC)cc1N)C(=O)OC(C)(C)C. The van der Waals surface area contributed by atoms with E-state index in [9.17, 15) is 4.79 Å². The van der Waals surface area contributed by atoms with Crippen LogP contribution in [0.3, 0.4) is 0 Å². The van der Waals surface area contributed by atoms with Gasteiger partial charge in [-0.2, -0.15) is 0 Å². The van der Waals surface area contributed by atoms with Crippen LogP contribution in [0.15, 0.2) is 24.3 Å². The van der Waals surface area contributed by atoms with Crippen molar-refractivity contribution < 1.29 is 19.0 Å². The molecule has 0 heterocycles. The molecule has 5 nitrogen and oxygen atoms in total. The zero-order valence-electron chi connectivity index (χ0n) is 12.7. The second-order valence-corrected chi connectivity index (χ2v) is 5.83. The Hall–Kier alpha value is -1.88. The molecule has 6 heteroatoms. The van der Waals surface area contributed by atoms with Crippen LogP contribution in [-0.4, -0.2) is 25.3 Å². The second kappa shape index (κ2) is 6.72. The molecule has 0 aromatic heterocycles. The number of nitrogens with two attached hydrogens (primary N) is 1. The van der Waals surface area contributed by atoms with Gasteiger partial charge in [-0.25, -0.2) is 4.79 Å². The van der Waals surface area contributed by atoms with E-state index < -0.39 is 11.6 Å². The molecule has 0 bridgehead atoms. The highest BCUT2D eigenvalue weighted by atomic mass is 35.5. The van der Waals surface area contributed by atoms with Gasteiger partial charge in [0, 0.05) is 12.1 Å². The molecule has 0 atom stereocenters. The third kappa shape index (κ3) is 5.19. The van der Waals surface area contributed by atoms with Crippen LogP contribution < -0.4 is 15.2 Å². The Bertz CT molecular complexity index is 549. The number of hydrogen-bond acceptors (Lipinski definition) is 5. The number of carbonyl (C=O) groups excluding carboxylic acids is 1. The van der Waals surface area contributed by atoms with Crippen LogP contribution in [0.25, 0.3) is 0 Å². The van der Waals surface area contributed by atoms with Gasteiger partial charge in [-0.1, -0.05) is 18.2 Å². The molecule has 0 amide bonds. The number of hydrogen-bond donors (Lipinski definition) is 1. The van der Waals surface area contributed by atoms with Gasteiger partial charge in [-0.05, 0) is 20.8 Å². The lowest BCUT2D eigenvalue weighted by Gasteiger charge is -2.20. The summed E-state index contributed by atoms with van der Waals surface area (Å²) in [6.45, 7) is 8.94. The van der Waals surface area contributed by atoms with Gasteiger partial charge in [0.2, 0.25) is 0 Å². The fourth-order valence-electron chi connectivity index (χ4n) is 1.41. The molecule has 1 aromatic carbocycles. The molecule has 1 aromatic rings. The molecule has 2 N–H and O–H groups in total. The predicted octanol–water partition coefficient (Wildman–Crippen LogP) is 3.21. The van der Waals surface area contributed by atoms with Crippen molar-refractivity contribution in [3.63, 3.8) is 0 Å². The smallest absolute Gasteiger partial charge is 0.337 e. The van der Waals surface area contributed by atoms with Crippen LogP contribution in [0.2, 0.25) is 5.02 Å². The number of methoxy groups -OCH3 is 1. The van der Waals surface area contributed by atoms with Gasteiger partial charge in [0.1, 0.15) is 23.7 Å². The second-order valence-electron chi connectivity index (χ2n) is 5.42. The minimum Gasteiger partial charge on any atom is -0.495 e. The number of rotatable bonds is 5. The van der Waals surface area contributed by atoms with Gasteiger partial charge >= 0.3 is 5.97 Å². The van der Waals surface area contributed by atoms with Crippen molar-refractivity contribution in [3.8, 4) is 11.5 Å². The molecule has 0 saturated carbocycles. The zero-order chi connectivity index (χ0) is 16.2. The average molecular weight is 314 g/mol. The molecule has 1 rings (SSSR count). The Morgan fingerprint density at radius 2 is 1.95 bits per heavy atom. The predicted molar refractivity (Wildman–Crippen MR) is 82.9 cm³/mol. The van der Waals surface area contributed by atoms with E-state index in [0.29, 0.717) is 22.2 Å². The van der Waals surface area contributed by atoms with Crippen LogP contribution in [0.1, 0.15) is 20.8 Å². The van der Waals surface area contributed by atoms with E-state index in [2.05, 4.69) is 6.58 Å². The summed E-state index contributed by atoms with van der Waals surface area (Å²) in [6.07, 6.45) is 0. The molecule has 0 unspecified atom stereocenters. The Balaban J connectivity index is 2.69. The summed E-state index contributed by atoms with van der Waals surface area (Å²) in [5.41, 5.74) is 5.79. The Labute approximate surface area is 129 Å². The van der Waals surface area contributed by atoms with Crippen molar-refractivity contribution in [2.24, 2.45) is 0 Å². The van der Waals surface area contributed by atoms with E-state index >= 15 is 0 Å². The molecule has 0 fully saturated rings. The van der Waals surface area contributed by atoms with Crippen LogP contribution in [0.5, 0.6) is 11.5 Å². The number of anilines is 1. The molecule has 0 spiro atoms. The van der Waals surface area contributed by atoms with Crippen molar-refractivity contribution in [2.75, 3.05) is 19.5 Å². The summed E-state index contributed by atoms with van der Waals surface area (Å²) in [4.78, 5) is 11.8. The van der Waals surface area contributed by atoms with Gasteiger partial charge in [-0.3, -0.25) is 0 Å². The molecule has 116 valence electrons. The first-order chi connectivity index (χ1) is 9.64. The molecule has 0 aliphatic heterocycles. The van der Waals surface area contributed by atoms with E-state index in [1.54, 1.807) is 26.8 Å². The minimum atomic E-state index is -0.581. The van der Waals surface area contributed by atoms with Crippen LogP contribution in [-0.2, 0) is 9.53 Å². The normalized spacial score (nSPS) is 10.9. The first kappa shape index (κ1) is 17.2. The quantitative estimate of drug-likeness (QED) is 0.513. The topological polar surface area (TPSA) is 70.8 Å². The van der Waals surface area contributed by atoms with Crippen molar-refractivity contribution >= 4 is 23.3 Å². The van der Waals surface area contributed by atoms with Crippen molar-refractivity contribution in [3.05, 3.63) is 29.3 Å². The average Bonchev–Trinajstić information content (AvgIpc) is 2.36. The summed E-state index contributed by atoms with van der Waals surface area (Å²) in [6, 6.07) is 3.08. The molecular formula is C15H20ClNO4. The van der Waals surface area contributed by atoms with Crippen LogP contribution in [0.4, 0.5) is 5.69 Å². The number of halogens is 1. The number of carbonyl (C=O) groups is 1. The van der Waals surface area contributed by atoms with Crippen molar-refractivity contribution in [1.82, 2.24) is 0 Å². The van der Waals surface area contributed by atoms with Gasteiger partial charge in [0.25, 0.3) is 0 Å². The maximum atomic E-state index is 11.8. The molecule has 0 aliphatic carbocycles. The number of benzene rings is 1. The fraction of sp³-hybridized carbons (Fsp3) is 0.400. The third-order valence-corrected chi connectivity index (χ3v) is 2.67. The van der Waals surface area contributed by atoms with Crippen molar-refractivity contribution in [1.29, 1.82) is 0 Å². The summed E-state index contributed by atoms with van der Waals surface area (Å²) >= 11 is 5.99. The number of ether oxygens (including phenoxy) is 3. The highest BCUT2D eigenvalue weighted by molar-refractivity contribution is 6.32. The van der Waals surface area contributed by atoms with Gasteiger partial charge in [0.15, 0.2) is 0 Å². The molecule has 0 saturated heterocycles. The number of nitrogen functional groups attached to an aromatic ring is 1. The maximum absolute atomic E-state index is 11.8. The van der Waals surface area contributed by atoms with Gasteiger partial charge in [-0.15, -0.1) is 0 Å². The van der Waals surface area contributed by atoms with Gasteiger partial charge < -0.3 is 19.9 Å². The van der Waals surface area contributed by atoms with Crippen LogP contribution >= 0.6 is 11.6 Å². The highest BCUT2D eigenvalue weighted by Gasteiger charge is 2.19. The number of esters is 1.